The molecule has 2 heterocycles. The van der Waals surface area contributed by atoms with Crippen molar-refractivity contribution in [3.8, 4) is 21.8 Å². The fourth-order valence-corrected chi connectivity index (χ4v) is 5.47. The molecule has 0 atom stereocenters. The largest absolute Gasteiger partial charge is 0.279 e. The van der Waals surface area contributed by atoms with Gasteiger partial charge >= 0.3 is 0 Å². The fraction of sp³-hybridized carbons (Fsp3) is 0. The van der Waals surface area contributed by atoms with Crippen molar-refractivity contribution in [1.29, 1.82) is 0 Å². The average molecular weight is 433 g/mol. The molecule has 0 bridgehead atoms. The lowest BCUT2D eigenvalue weighted by atomic mass is 10.1. The molecule has 0 saturated heterocycles. The van der Waals surface area contributed by atoms with Gasteiger partial charge in [-0.05, 0) is 35.7 Å². The van der Waals surface area contributed by atoms with E-state index in [-0.39, 0.29) is 0 Å². The van der Waals surface area contributed by atoms with Gasteiger partial charge < -0.3 is 0 Å². The van der Waals surface area contributed by atoms with E-state index in [0.29, 0.717) is 14.9 Å². The SMILES string of the molecule is O=S(=O)(Nc1ccc(-c2csc(-c3ccc(Cl)cc3)n2)cc1)c1cccs1. The zero-order chi connectivity index (χ0) is 18.9. The Hall–Kier alpha value is -2.19. The quantitative estimate of drug-likeness (QED) is 0.421. The van der Waals surface area contributed by atoms with E-state index in [1.165, 1.54) is 11.3 Å². The molecule has 0 aliphatic heterocycles. The highest BCUT2D eigenvalue weighted by Gasteiger charge is 2.15. The number of hydrogen-bond donors (Lipinski definition) is 1. The average Bonchev–Trinajstić information content (AvgIpc) is 3.35. The highest BCUT2D eigenvalue weighted by Crippen LogP contribution is 2.30. The second kappa shape index (κ2) is 7.44. The number of nitrogens with one attached hydrogen (secondary N) is 1. The molecule has 0 amide bonds. The van der Waals surface area contributed by atoms with Crippen LogP contribution in [0.15, 0.2) is 75.6 Å². The van der Waals surface area contributed by atoms with Gasteiger partial charge in [0, 0.05) is 27.2 Å². The molecule has 4 aromatic rings. The molecule has 8 heteroatoms. The van der Waals surface area contributed by atoms with Crippen LogP contribution in [0.2, 0.25) is 5.02 Å². The lowest BCUT2D eigenvalue weighted by Crippen LogP contribution is -2.11. The van der Waals surface area contributed by atoms with Crippen molar-refractivity contribution in [3.05, 3.63) is 76.4 Å². The summed E-state index contributed by atoms with van der Waals surface area (Å²) >= 11 is 8.66. The van der Waals surface area contributed by atoms with Crippen LogP contribution in [0.1, 0.15) is 0 Å². The second-order valence-corrected chi connectivity index (χ2v) is 9.81. The summed E-state index contributed by atoms with van der Waals surface area (Å²) in [7, 11) is -3.54. The third-order valence-corrected chi connectivity index (χ3v) is 7.71. The van der Waals surface area contributed by atoms with Crippen molar-refractivity contribution in [1.82, 2.24) is 4.98 Å². The summed E-state index contributed by atoms with van der Waals surface area (Å²) < 4.78 is 27.4. The van der Waals surface area contributed by atoms with Gasteiger partial charge in [0.2, 0.25) is 0 Å². The number of nitrogens with zero attached hydrogens (tertiary/aromatic N) is 1. The van der Waals surface area contributed by atoms with E-state index < -0.39 is 10.0 Å². The van der Waals surface area contributed by atoms with Gasteiger partial charge in [-0.3, -0.25) is 4.72 Å². The van der Waals surface area contributed by atoms with Crippen LogP contribution in [0.25, 0.3) is 21.8 Å². The predicted molar refractivity (Wildman–Crippen MR) is 113 cm³/mol. The Balaban J connectivity index is 1.54. The zero-order valence-electron chi connectivity index (χ0n) is 13.8. The van der Waals surface area contributed by atoms with E-state index >= 15 is 0 Å². The van der Waals surface area contributed by atoms with Crippen LogP contribution in [-0.4, -0.2) is 13.4 Å². The summed E-state index contributed by atoms with van der Waals surface area (Å²) in [5.74, 6) is 0. The molecular formula is C19H13ClN2O2S3. The number of halogens is 1. The Morgan fingerprint density at radius 2 is 1.59 bits per heavy atom. The Labute approximate surface area is 170 Å². The highest BCUT2D eigenvalue weighted by atomic mass is 35.5. The Bertz CT molecular complexity index is 1150. The molecule has 2 aromatic heterocycles. The number of thiophene rings is 1. The van der Waals surface area contributed by atoms with Crippen LogP contribution < -0.4 is 4.72 Å². The third kappa shape index (κ3) is 4.06. The Kier molecular flexibility index (Phi) is 5.01. The molecule has 0 fully saturated rings. The number of rotatable bonds is 5. The second-order valence-electron chi connectivity index (χ2n) is 5.66. The number of aromatic nitrogens is 1. The molecule has 0 saturated carbocycles. The maximum absolute atomic E-state index is 12.3. The molecule has 4 nitrogen and oxygen atoms in total. The van der Waals surface area contributed by atoms with Gasteiger partial charge in [0.25, 0.3) is 10.0 Å². The number of thiazole rings is 1. The predicted octanol–water partition coefficient (Wildman–Crippen LogP) is 5.99. The monoisotopic (exact) mass is 432 g/mol. The van der Waals surface area contributed by atoms with Crippen LogP contribution >= 0.6 is 34.3 Å². The maximum atomic E-state index is 12.3. The van der Waals surface area contributed by atoms with E-state index in [2.05, 4.69) is 9.71 Å². The van der Waals surface area contributed by atoms with Crippen LogP contribution in [0.3, 0.4) is 0 Å². The zero-order valence-corrected chi connectivity index (χ0v) is 17.0. The normalized spacial score (nSPS) is 11.4. The lowest BCUT2D eigenvalue weighted by Gasteiger charge is -2.06. The van der Waals surface area contributed by atoms with E-state index in [4.69, 9.17) is 11.6 Å². The van der Waals surface area contributed by atoms with Crippen LogP contribution in [0.5, 0.6) is 0 Å². The first kappa shape index (κ1) is 18.2. The van der Waals surface area contributed by atoms with Crippen molar-refractivity contribution in [2.75, 3.05) is 4.72 Å². The third-order valence-electron chi connectivity index (χ3n) is 3.79. The molecule has 136 valence electrons. The first-order valence-corrected chi connectivity index (χ1v) is 11.5. The molecule has 27 heavy (non-hydrogen) atoms. The molecule has 2 aromatic carbocycles. The summed E-state index contributed by atoms with van der Waals surface area (Å²) in [4.78, 5) is 4.66. The highest BCUT2D eigenvalue weighted by molar-refractivity contribution is 7.94. The molecule has 0 radical (unpaired) electrons. The molecule has 0 aliphatic rings. The van der Waals surface area contributed by atoms with Crippen molar-refractivity contribution in [3.63, 3.8) is 0 Å². The van der Waals surface area contributed by atoms with Gasteiger partial charge in [0.05, 0.1) is 5.69 Å². The standard InChI is InChI=1S/C19H13ClN2O2S3/c20-15-7-3-14(4-8-15)19-21-17(12-26-19)13-5-9-16(10-6-13)22-27(23,24)18-2-1-11-25-18/h1-12,22H. The number of benzene rings is 2. The van der Waals surface area contributed by atoms with E-state index in [0.717, 1.165) is 21.8 Å². The van der Waals surface area contributed by atoms with E-state index in [9.17, 15) is 8.42 Å². The maximum Gasteiger partial charge on any atom is 0.271 e. The summed E-state index contributed by atoms with van der Waals surface area (Å²) in [5.41, 5.74) is 3.29. The molecule has 1 N–H and O–H groups in total. The van der Waals surface area contributed by atoms with Crippen molar-refractivity contribution < 1.29 is 8.42 Å². The van der Waals surface area contributed by atoms with Crippen molar-refractivity contribution in [2.45, 2.75) is 4.21 Å². The first-order chi connectivity index (χ1) is 13.0. The van der Waals surface area contributed by atoms with Gasteiger partial charge in [-0.2, -0.15) is 0 Å². The van der Waals surface area contributed by atoms with Gasteiger partial charge in [-0.15, -0.1) is 22.7 Å². The molecule has 0 aliphatic carbocycles. The molecule has 4 rings (SSSR count). The Morgan fingerprint density at radius 1 is 0.889 bits per heavy atom. The smallest absolute Gasteiger partial charge is 0.271 e. The molecule has 0 spiro atoms. The fourth-order valence-electron chi connectivity index (χ4n) is 2.46. The minimum absolute atomic E-state index is 0.290. The van der Waals surface area contributed by atoms with Crippen molar-refractivity contribution >= 4 is 50.0 Å². The summed E-state index contributed by atoms with van der Waals surface area (Å²) in [5, 5.41) is 5.31. The first-order valence-electron chi connectivity index (χ1n) is 7.89. The minimum Gasteiger partial charge on any atom is -0.279 e. The summed E-state index contributed by atoms with van der Waals surface area (Å²) in [6.45, 7) is 0. The van der Waals surface area contributed by atoms with Crippen LogP contribution in [0, 0.1) is 0 Å². The van der Waals surface area contributed by atoms with Gasteiger partial charge in [-0.1, -0.05) is 41.9 Å². The van der Waals surface area contributed by atoms with Gasteiger partial charge in [0.1, 0.15) is 9.22 Å². The van der Waals surface area contributed by atoms with Crippen LogP contribution in [0.4, 0.5) is 5.69 Å². The Morgan fingerprint density at radius 3 is 2.26 bits per heavy atom. The molecule has 0 unspecified atom stereocenters. The summed E-state index contributed by atoms with van der Waals surface area (Å²) in [6.07, 6.45) is 0. The van der Waals surface area contributed by atoms with Gasteiger partial charge in [-0.25, -0.2) is 13.4 Å². The minimum atomic E-state index is -3.54. The number of hydrogen-bond acceptors (Lipinski definition) is 5. The molecular weight excluding hydrogens is 420 g/mol. The van der Waals surface area contributed by atoms with E-state index in [1.54, 1.807) is 41.0 Å². The van der Waals surface area contributed by atoms with Gasteiger partial charge in [0.15, 0.2) is 0 Å². The number of sulfonamides is 1. The topological polar surface area (TPSA) is 59.1 Å². The van der Waals surface area contributed by atoms with Crippen molar-refractivity contribution in [2.24, 2.45) is 0 Å². The summed E-state index contributed by atoms with van der Waals surface area (Å²) in [6, 6.07) is 18.0. The number of anilines is 1. The van der Waals surface area contributed by atoms with Crippen LogP contribution in [-0.2, 0) is 10.0 Å². The lowest BCUT2D eigenvalue weighted by molar-refractivity contribution is 0.603. The van der Waals surface area contributed by atoms with E-state index in [1.807, 2.05) is 41.8 Å².